The first kappa shape index (κ1) is 16.9. The number of halogens is 1. The lowest BCUT2D eigenvalue weighted by Gasteiger charge is -2.25. The number of anilines is 1. The third-order valence-corrected chi connectivity index (χ3v) is 2.84. The first-order chi connectivity index (χ1) is 8.20. The van der Waals surface area contributed by atoms with Crippen LogP contribution in [0.4, 0.5) is 5.69 Å². The number of carbonyl (C=O) groups is 1. The number of carbonyl (C=O) groups excluding carboxylic acids is 1. The van der Waals surface area contributed by atoms with Crippen LogP contribution in [-0.2, 0) is 4.79 Å². The Labute approximate surface area is 116 Å². The van der Waals surface area contributed by atoms with E-state index in [1.807, 2.05) is 42.2 Å². The second-order valence-corrected chi connectivity index (χ2v) is 4.32. The van der Waals surface area contributed by atoms with Crippen LogP contribution in [0.1, 0.15) is 26.7 Å². The lowest BCUT2D eigenvalue weighted by atomic mass is 10.1. The van der Waals surface area contributed by atoms with E-state index in [0.717, 1.165) is 25.1 Å². The fraction of sp³-hybridized carbons (Fsp3) is 0.500. The van der Waals surface area contributed by atoms with Gasteiger partial charge in [-0.05, 0) is 18.6 Å². The van der Waals surface area contributed by atoms with Crippen LogP contribution in [0.15, 0.2) is 30.3 Å². The van der Waals surface area contributed by atoms with E-state index >= 15 is 0 Å². The molecule has 0 aromatic heterocycles. The number of hydrogen-bond acceptors (Lipinski definition) is 2. The van der Waals surface area contributed by atoms with E-state index in [-0.39, 0.29) is 24.2 Å². The molecule has 102 valence electrons. The second-order valence-electron chi connectivity index (χ2n) is 4.32. The maximum Gasteiger partial charge on any atom is 0.231 e. The van der Waals surface area contributed by atoms with Gasteiger partial charge in [0, 0.05) is 24.7 Å². The number of nitrogens with zero attached hydrogens (tertiary/aromatic N) is 1. The highest BCUT2D eigenvalue weighted by atomic mass is 35.5. The van der Waals surface area contributed by atoms with E-state index in [2.05, 4.69) is 6.92 Å². The van der Waals surface area contributed by atoms with Crippen LogP contribution >= 0.6 is 12.4 Å². The van der Waals surface area contributed by atoms with E-state index in [4.69, 9.17) is 5.73 Å². The molecule has 0 fully saturated rings. The fourth-order valence-electron chi connectivity index (χ4n) is 1.66. The Bertz CT molecular complexity index is 343. The maximum atomic E-state index is 12.2. The van der Waals surface area contributed by atoms with Crippen molar-refractivity contribution in [1.82, 2.24) is 0 Å². The zero-order valence-electron chi connectivity index (χ0n) is 11.1. The summed E-state index contributed by atoms with van der Waals surface area (Å²) in [6.07, 6.45) is 2.09. The number of para-hydroxylation sites is 1. The number of hydrogen-bond donors (Lipinski definition) is 1. The third-order valence-electron chi connectivity index (χ3n) is 2.84. The molecule has 0 radical (unpaired) electrons. The van der Waals surface area contributed by atoms with Gasteiger partial charge in [0.2, 0.25) is 5.91 Å². The van der Waals surface area contributed by atoms with Crippen molar-refractivity contribution in [3.63, 3.8) is 0 Å². The number of nitrogens with two attached hydrogens (primary N) is 1. The largest absolute Gasteiger partial charge is 0.330 e. The molecule has 0 aliphatic carbocycles. The molecule has 0 saturated heterocycles. The Hall–Kier alpha value is -1.06. The van der Waals surface area contributed by atoms with Gasteiger partial charge in [0.25, 0.3) is 0 Å². The fourth-order valence-corrected chi connectivity index (χ4v) is 1.66. The minimum Gasteiger partial charge on any atom is -0.330 e. The molecule has 1 unspecified atom stereocenters. The van der Waals surface area contributed by atoms with Crippen LogP contribution in [0.5, 0.6) is 0 Å². The highest BCUT2D eigenvalue weighted by molar-refractivity contribution is 5.94. The van der Waals surface area contributed by atoms with Gasteiger partial charge in [-0.2, -0.15) is 0 Å². The highest BCUT2D eigenvalue weighted by Crippen LogP contribution is 2.16. The quantitative estimate of drug-likeness (QED) is 0.864. The second kappa shape index (κ2) is 8.95. The van der Waals surface area contributed by atoms with Crippen molar-refractivity contribution in [3.8, 4) is 0 Å². The minimum atomic E-state index is -0.118. The van der Waals surface area contributed by atoms with Gasteiger partial charge in [-0.3, -0.25) is 4.79 Å². The molecule has 3 nitrogen and oxygen atoms in total. The van der Waals surface area contributed by atoms with Gasteiger partial charge in [0.1, 0.15) is 0 Å². The lowest BCUT2D eigenvalue weighted by Crippen LogP contribution is -2.38. The summed E-state index contributed by atoms with van der Waals surface area (Å²) >= 11 is 0. The Balaban J connectivity index is 0.00000289. The summed E-state index contributed by atoms with van der Waals surface area (Å²) in [5.41, 5.74) is 6.53. The van der Waals surface area contributed by atoms with Crippen molar-refractivity contribution in [2.75, 3.05) is 18.0 Å². The molecule has 0 spiro atoms. The lowest BCUT2D eigenvalue weighted by molar-refractivity contribution is -0.121. The van der Waals surface area contributed by atoms with Gasteiger partial charge in [0.15, 0.2) is 0 Å². The molecule has 0 aliphatic rings. The normalized spacial score (nSPS) is 11.5. The summed E-state index contributed by atoms with van der Waals surface area (Å²) in [5, 5.41) is 0. The zero-order chi connectivity index (χ0) is 12.7. The molecule has 1 aromatic carbocycles. The minimum absolute atomic E-state index is 0. The molecule has 0 bridgehead atoms. The SMILES string of the molecule is CCCCN(C(=O)C(C)CN)c1ccccc1.Cl. The van der Waals surface area contributed by atoms with E-state index < -0.39 is 0 Å². The molecule has 4 heteroatoms. The first-order valence-corrected chi connectivity index (χ1v) is 6.27. The molecule has 18 heavy (non-hydrogen) atoms. The third kappa shape index (κ3) is 4.67. The average molecular weight is 271 g/mol. The number of amides is 1. The van der Waals surface area contributed by atoms with Crippen molar-refractivity contribution < 1.29 is 4.79 Å². The Morgan fingerprint density at radius 3 is 2.44 bits per heavy atom. The summed E-state index contributed by atoms with van der Waals surface area (Å²) in [5.74, 6) is -0.000729. The summed E-state index contributed by atoms with van der Waals surface area (Å²) in [7, 11) is 0. The van der Waals surface area contributed by atoms with Gasteiger partial charge in [-0.15, -0.1) is 12.4 Å². The van der Waals surface area contributed by atoms with E-state index in [1.54, 1.807) is 0 Å². The molecule has 1 aromatic rings. The molecular formula is C14H23ClN2O. The monoisotopic (exact) mass is 270 g/mol. The van der Waals surface area contributed by atoms with Gasteiger partial charge in [0.05, 0.1) is 0 Å². The van der Waals surface area contributed by atoms with Crippen molar-refractivity contribution in [2.24, 2.45) is 11.7 Å². The predicted molar refractivity (Wildman–Crippen MR) is 79.2 cm³/mol. The van der Waals surface area contributed by atoms with E-state index in [9.17, 15) is 4.79 Å². The topological polar surface area (TPSA) is 46.3 Å². The van der Waals surface area contributed by atoms with Crippen LogP contribution in [0.25, 0.3) is 0 Å². The maximum absolute atomic E-state index is 12.2. The Kier molecular flexibility index (Phi) is 8.42. The zero-order valence-corrected chi connectivity index (χ0v) is 12.0. The summed E-state index contributed by atoms with van der Waals surface area (Å²) in [4.78, 5) is 14.1. The summed E-state index contributed by atoms with van der Waals surface area (Å²) in [6, 6.07) is 9.80. The van der Waals surface area contributed by atoms with Crippen LogP contribution in [0.2, 0.25) is 0 Å². The van der Waals surface area contributed by atoms with Crippen LogP contribution in [0, 0.1) is 5.92 Å². The average Bonchev–Trinajstić information content (AvgIpc) is 2.39. The number of rotatable bonds is 6. The molecule has 1 amide bonds. The van der Waals surface area contributed by atoms with Crippen LogP contribution < -0.4 is 10.6 Å². The molecule has 2 N–H and O–H groups in total. The smallest absolute Gasteiger partial charge is 0.231 e. The molecule has 0 aliphatic heterocycles. The molecule has 1 atom stereocenters. The predicted octanol–water partition coefficient (Wildman–Crippen LogP) is 2.84. The van der Waals surface area contributed by atoms with Crippen LogP contribution in [0.3, 0.4) is 0 Å². The standard InChI is InChI=1S/C14H22N2O.ClH/c1-3-4-10-16(14(17)12(2)11-15)13-8-6-5-7-9-13;/h5-9,12H,3-4,10-11,15H2,1-2H3;1H. The molecule has 0 heterocycles. The number of benzene rings is 1. The summed E-state index contributed by atoms with van der Waals surface area (Å²) < 4.78 is 0. The van der Waals surface area contributed by atoms with E-state index in [1.165, 1.54) is 0 Å². The van der Waals surface area contributed by atoms with Crippen molar-refractivity contribution in [3.05, 3.63) is 30.3 Å². The van der Waals surface area contributed by atoms with E-state index in [0.29, 0.717) is 6.54 Å². The van der Waals surface area contributed by atoms with Crippen molar-refractivity contribution in [1.29, 1.82) is 0 Å². The first-order valence-electron chi connectivity index (χ1n) is 6.27. The number of unbranched alkanes of at least 4 members (excludes halogenated alkanes) is 1. The molecule has 1 rings (SSSR count). The molecule has 0 saturated carbocycles. The Morgan fingerprint density at radius 1 is 1.33 bits per heavy atom. The van der Waals surface area contributed by atoms with Crippen molar-refractivity contribution >= 4 is 24.0 Å². The van der Waals surface area contributed by atoms with Crippen LogP contribution in [-0.4, -0.2) is 19.0 Å². The Morgan fingerprint density at radius 2 is 1.94 bits per heavy atom. The summed E-state index contributed by atoms with van der Waals surface area (Å²) in [6.45, 7) is 5.17. The molecular weight excluding hydrogens is 248 g/mol. The van der Waals surface area contributed by atoms with Gasteiger partial charge >= 0.3 is 0 Å². The van der Waals surface area contributed by atoms with Crippen molar-refractivity contribution in [2.45, 2.75) is 26.7 Å². The van der Waals surface area contributed by atoms with Gasteiger partial charge in [-0.1, -0.05) is 38.5 Å². The van der Waals surface area contributed by atoms with Gasteiger partial charge in [-0.25, -0.2) is 0 Å². The highest BCUT2D eigenvalue weighted by Gasteiger charge is 2.19. The van der Waals surface area contributed by atoms with Gasteiger partial charge < -0.3 is 10.6 Å².